The van der Waals surface area contributed by atoms with Gasteiger partial charge in [0.15, 0.2) is 23.3 Å². The highest BCUT2D eigenvalue weighted by atomic mass is 28.3. The quantitative estimate of drug-likeness (QED) is 0.0248. The summed E-state index contributed by atoms with van der Waals surface area (Å²) in [5, 5.41) is 2.25. The monoisotopic (exact) mass is 842 g/mol. The molecule has 0 radical (unpaired) electrons. The minimum Gasteiger partial charge on any atom is -0.463 e. The van der Waals surface area contributed by atoms with Gasteiger partial charge in [0.05, 0.1) is 40.5 Å². The highest BCUT2D eigenvalue weighted by Gasteiger charge is 2.43. The standard InChI is InChI=1S/C47H50F4O6Si2/c1-11-39(52)54-23-13-25-58(7,8)33-19-15-31(16-20-33)56-29(3)35-27-37-41(45(50)43(35)48)42-38(47(37,5)6)28-36(44(49)46(42)51)30(4)57-32-17-21-34(22-18-32)59(9,10)26-14-24-55-40(53)12-2/h11-12,15-22,27-28H,1-4,13-14,23-26H2,5-10H3. The molecule has 4 aromatic rings. The summed E-state index contributed by atoms with van der Waals surface area (Å²) in [6.07, 6.45) is 3.67. The van der Waals surface area contributed by atoms with Crippen LogP contribution in [0.15, 0.2) is 99.1 Å². The molecule has 59 heavy (non-hydrogen) atoms. The Labute approximate surface area is 345 Å². The Morgan fingerprint density at radius 2 is 0.949 bits per heavy atom. The molecule has 4 aromatic carbocycles. The Morgan fingerprint density at radius 3 is 1.27 bits per heavy atom. The third-order valence-electron chi connectivity index (χ3n) is 11.1. The minimum absolute atomic E-state index is 0.163. The molecule has 5 rings (SSSR count). The van der Waals surface area contributed by atoms with E-state index in [1.165, 1.54) is 12.1 Å². The van der Waals surface area contributed by atoms with Crippen LogP contribution >= 0.6 is 0 Å². The minimum atomic E-state index is -1.91. The van der Waals surface area contributed by atoms with E-state index in [1.54, 1.807) is 38.1 Å². The van der Waals surface area contributed by atoms with Gasteiger partial charge in [0.25, 0.3) is 0 Å². The van der Waals surface area contributed by atoms with E-state index in [0.29, 0.717) is 37.6 Å². The summed E-state index contributed by atoms with van der Waals surface area (Å²) in [6, 6.07) is 19.1. The van der Waals surface area contributed by atoms with Crippen molar-refractivity contribution in [2.75, 3.05) is 13.2 Å². The van der Waals surface area contributed by atoms with Crippen molar-refractivity contribution in [3.63, 3.8) is 0 Å². The van der Waals surface area contributed by atoms with Gasteiger partial charge in [-0.15, -0.1) is 0 Å². The number of hydrogen-bond donors (Lipinski definition) is 0. The van der Waals surface area contributed by atoms with E-state index in [9.17, 15) is 9.59 Å². The number of rotatable bonds is 18. The van der Waals surface area contributed by atoms with Gasteiger partial charge < -0.3 is 18.9 Å². The summed E-state index contributed by atoms with van der Waals surface area (Å²) in [6.45, 7) is 27.4. The molecule has 6 nitrogen and oxygen atoms in total. The Kier molecular flexibility index (Phi) is 13.5. The van der Waals surface area contributed by atoms with E-state index in [-0.39, 0.29) is 44.9 Å². The summed E-state index contributed by atoms with van der Waals surface area (Å²) in [4.78, 5) is 22.7. The summed E-state index contributed by atoms with van der Waals surface area (Å²) in [5.41, 5.74) is -1.89. The van der Waals surface area contributed by atoms with E-state index in [4.69, 9.17) is 18.9 Å². The highest BCUT2D eigenvalue weighted by molar-refractivity contribution is 6.90. The highest BCUT2D eigenvalue weighted by Crippen LogP contribution is 2.53. The summed E-state index contributed by atoms with van der Waals surface area (Å²) < 4.78 is 86.1. The fraction of sp³-hybridized carbons (Fsp3) is 0.277. The lowest BCUT2D eigenvalue weighted by Gasteiger charge is -2.24. The van der Waals surface area contributed by atoms with E-state index in [1.807, 2.05) is 24.3 Å². The maximum Gasteiger partial charge on any atom is 0.330 e. The number of ether oxygens (including phenoxy) is 4. The molecule has 0 fully saturated rings. The number of fused-ring (bicyclic) bond motifs is 3. The molecule has 310 valence electrons. The number of hydrogen-bond acceptors (Lipinski definition) is 6. The van der Waals surface area contributed by atoms with Crippen molar-refractivity contribution in [2.24, 2.45) is 0 Å². The largest absolute Gasteiger partial charge is 0.463 e. The molecule has 0 saturated heterocycles. The predicted molar refractivity (Wildman–Crippen MR) is 231 cm³/mol. The molecule has 1 aliphatic carbocycles. The van der Waals surface area contributed by atoms with E-state index >= 15 is 17.6 Å². The molecule has 1 aliphatic rings. The van der Waals surface area contributed by atoms with Crippen molar-refractivity contribution in [3.8, 4) is 22.6 Å². The number of carbonyl (C=O) groups excluding carboxylic acids is 2. The van der Waals surface area contributed by atoms with Gasteiger partial charge in [-0.05, 0) is 60.4 Å². The first-order valence-corrected chi connectivity index (χ1v) is 25.7. The Hall–Kier alpha value is -5.47. The van der Waals surface area contributed by atoms with E-state index in [0.717, 1.165) is 34.6 Å². The van der Waals surface area contributed by atoms with Gasteiger partial charge >= 0.3 is 11.9 Å². The molecule has 12 heteroatoms. The number of carbonyl (C=O) groups is 2. The molecule has 0 bridgehead atoms. The smallest absolute Gasteiger partial charge is 0.330 e. The van der Waals surface area contributed by atoms with Crippen LogP contribution in [0.3, 0.4) is 0 Å². The lowest BCUT2D eigenvalue weighted by molar-refractivity contribution is -0.138. The van der Waals surface area contributed by atoms with Crippen molar-refractivity contribution in [3.05, 3.63) is 145 Å². The lowest BCUT2D eigenvalue weighted by atomic mass is 9.81. The van der Waals surface area contributed by atoms with Crippen LogP contribution in [0, 0.1) is 23.3 Å². The third-order valence-corrected chi connectivity index (χ3v) is 18.1. The second-order valence-corrected chi connectivity index (χ2v) is 26.1. The first kappa shape index (κ1) is 44.6. The first-order chi connectivity index (χ1) is 27.7. The zero-order valence-electron chi connectivity index (χ0n) is 34.5. The van der Waals surface area contributed by atoms with Crippen LogP contribution in [0.4, 0.5) is 17.6 Å². The molecular weight excluding hydrogens is 793 g/mol. The van der Waals surface area contributed by atoms with Crippen molar-refractivity contribution in [2.45, 2.75) is 70.4 Å². The predicted octanol–water partition coefficient (Wildman–Crippen LogP) is 10.7. The fourth-order valence-electron chi connectivity index (χ4n) is 7.40. The maximum atomic E-state index is 16.1. The van der Waals surface area contributed by atoms with Crippen molar-refractivity contribution in [1.82, 2.24) is 0 Å². The van der Waals surface area contributed by atoms with E-state index in [2.05, 4.69) is 52.5 Å². The van der Waals surface area contributed by atoms with Gasteiger partial charge in [-0.3, -0.25) is 0 Å². The topological polar surface area (TPSA) is 71.1 Å². The molecule has 0 unspecified atom stereocenters. The fourth-order valence-corrected chi connectivity index (χ4v) is 12.2. The molecule has 0 N–H and O–H groups in total. The maximum absolute atomic E-state index is 16.1. The Balaban J connectivity index is 1.33. The van der Waals surface area contributed by atoms with Crippen LogP contribution in [-0.2, 0) is 24.5 Å². The van der Waals surface area contributed by atoms with Gasteiger partial charge in [-0.2, -0.15) is 0 Å². The normalized spacial score (nSPS) is 12.8. The summed E-state index contributed by atoms with van der Waals surface area (Å²) in [5.74, 6) is -5.83. The van der Waals surface area contributed by atoms with Crippen molar-refractivity contribution >= 4 is 50.0 Å². The van der Waals surface area contributed by atoms with Gasteiger partial charge in [-0.1, -0.05) is 113 Å². The molecule has 0 spiro atoms. The number of halogens is 4. The molecule has 0 aliphatic heterocycles. The summed E-state index contributed by atoms with van der Waals surface area (Å²) >= 11 is 0. The van der Waals surface area contributed by atoms with Crippen LogP contribution in [0.1, 0.15) is 48.9 Å². The van der Waals surface area contributed by atoms with Gasteiger partial charge in [0, 0.05) is 28.7 Å². The molecule has 0 aromatic heterocycles. The zero-order chi connectivity index (χ0) is 43.4. The Bertz CT molecular complexity index is 2150. The SMILES string of the molecule is C=CC(=O)OCCC[Si](C)(C)c1ccc(OC(=C)c2cc3c(c(F)c2F)-c2c(cc(C(=C)Oc4ccc([Si](C)(C)CCCOC(=O)C=C)cc4)c(F)c2F)C3(C)C)cc1. The van der Waals surface area contributed by atoms with Crippen LogP contribution in [0.25, 0.3) is 22.6 Å². The molecule has 0 amide bonds. The average molecular weight is 843 g/mol. The number of esters is 2. The lowest BCUT2D eigenvalue weighted by Crippen LogP contribution is -2.41. The first-order valence-electron chi connectivity index (χ1n) is 19.3. The third kappa shape index (κ3) is 9.55. The van der Waals surface area contributed by atoms with Crippen LogP contribution in [0.2, 0.25) is 38.3 Å². The van der Waals surface area contributed by atoms with Gasteiger partial charge in [0.1, 0.15) is 23.0 Å². The average Bonchev–Trinajstić information content (AvgIpc) is 3.43. The molecule has 0 atom stereocenters. The van der Waals surface area contributed by atoms with Crippen molar-refractivity contribution in [1.29, 1.82) is 0 Å². The molecule has 0 heterocycles. The number of benzene rings is 4. The molecular formula is C47H50F4O6Si2. The van der Waals surface area contributed by atoms with Crippen LogP contribution in [0.5, 0.6) is 11.5 Å². The van der Waals surface area contributed by atoms with E-state index < -0.39 is 56.8 Å². The second-order valence-electron chi connectivity index (χ2n) is 16.4. The molecule has 0 saturated carbocycles. The van der Waals surface area contributed by atoms with Gasteiger partial charge in [-0.25, -0.2) is 27.2 Å². The van der Waals surface area contributed by atoms with Crippen LogP contribution in [-0.4, -0.2) is 41.3 Å². The second kappa shape index (κ2) is 17.8. The zero-order valence-corrected chi connectivity index (χ0v) is 36.5. The summed E-state index contributed by atoms with van der Waals surface area (Å²) in [7, 11) is -3.81. The van der Waals surface area contributed by atoms with Crippen molar-refractivity contribution < 1.29 is 46.1 Å². The Morgan fingerprint density at radius 1 is 0.610 bits per heavy atom. The van der Waals surface area contributed by atoms with Crippen LogP contribution < -0.4 is 19.8 Å². The van der Waals surface area contributed by atoms with Gasteiger partial charge in [0.2, 0.25) is 0 Å².